The summed E-state index contributed by atoms with van der Waals surface area (Å²) in [6, 6.07) is 16.4. The summed E-state index contributed by atoms with van der Waals surface area (Å²) in [5, 5.41) is 0.620. The topological polar surface area (TPSA) is 26.3 Å². The molecule has 0 radical (unpaired) electrons. The summed E-state index contributed by atoms with van der Waals surface area (Å²) in [5.74, 6) is 0.742. The van der Waals surface area contributed by atoms with Gasteiger partial charge in [-0.15, -0.1) is 0 Å². The molecular formula is C17H17ClO2. The average Bonchev–Trinajstić information content (AvgIpc) is 2.45. The van der Waals surface area contributed by atoms with E-state index in [0.717, 1.165) is 0 Å². The lowest BCUT2D eigenvalue weighted by Gasteiger charge is -2.23. The maximum Gasteiger partial charge on any atom is 0.171 e. The largest absolute Gasteiger partial charge is 0.493 e. The molecule has 3 heteroatoms. The zero-order valence-electron chi connectivity index (χ0n) is 11.6. The number of benzene rings is 2. The highest BCUT2D eigenvalue weighted by Gasteiger charge is 2.29. The molecule has 0 aliphatic rings. The Morgan fingerprint density at radius 3 is 2.45 bits per heavy atom. The number of hydrogen-bond acceptors (Lipinski definition) is 2. The van der Waals surface area contributed by atoms with Crippen LogP contribution in [0.15, 0.2) is 54.6 Å². The van der Waals surface area contributed by atoms with E-state index in [1.165, 1.54) is 0 Å². The van der Waals surface area contributed by atoms with Crippen molar-refractivity contribution in [2.75, 3.05) is 6.61 Å². The van der Waals surface area contributed by atoms with Crippen molar-refractivity contribution < 1.29 is 9.53 Å². The molecule has 2 nitrogen and oxygen atoms in total. The Balaban J connectivity index is 2.06. The number of hydrogen-bond donors (Lipinski definition) is 0. The van der Waals surface area contributed by atoms with E-state index in [0.29, 0.717) is 22.9 Å². The van der Waals surface area contributed by atoms with Crippen LogP contribution < -0.4 is 4.74 Å². The fourth-order valence-electron chi connectivity index (χ4n) is 1.87. The number of ketones is 1. The molecule has 0 heterocycles. The normalized spacial score (nSPS) is 11.2. The van der Waals surface area contributed by atoms with Crippen LogP contribution in [-0.2, 0) is 0 Å². The first-order chi connectivity index (χ1) is 9.49. The Kier molecular flexibility index (Phi) is 4.46. The Morgan fingerprint density at radius 2 is 1.80 bits per heavy atom. The van der Waals surface area contributed by atoms with Gasteiger partial charge in [0.25, 0.3) is 0 Å². The standard InChI is InChI=1S/C17H17ClO2/c1-17(2,16(19)13-7-4-3-5-8-13)12-20-15-10-6-9-14(18)11-15/h3-11H,12H2,1-2H3. The highest BCUT2D eigenvalue weighted by atomic mass is 35.5. The second-order valence-corrected chi connectivity index (χ2v) is 5.76. The van der Waals surface area contributed by atoms with Crippen LogP contribution in [0.3, 0.4) is 0 Å². The molecule has 0 unspecified atom stereocenters. The van der Waals surface area contributed by atoms with Gasteiger partial charge in [-0.2, -0.15) is 0 Å². The molecule has 0 saturated carbocycles. The summed E-state index contributed by atoms with van der Waals surface area (Å²) in [6.45, 7) is 4.07. The molecule has 20 heavy (non-hydrogen) atoms. The summed E-state index contributed by atoms with van der Waals surface area (Å²) in [4.78, 5) is 12.4. The van der Waals surface area contributed by atoms with E-state index in [9.17, 15) is 4.79 Å². The smallest absolute Gasteiger partial charge is 0.171 e. The monoisotopic (exact) mass is 288 g/mol. The van der Waals surface area contributed by atoms with Gasteiger partial charge in [0.1, 0.15) is 12.4 Å². The molecule has 2 aromatic rings. The van der Waals surface area contributed by atoms with E-state index in [1.54, 1.807) is 12.1 Å². The van der Waals surface area contributed by atoms with E-state index in [-0.39, 0.29) is 5.78 Å². The molecule has 0 N–H and O–H groups in total. The Labute approximate surface area is 124 Å². The molecule has 2 rings (SSSR count). The van der Waals surface area contributed by atoms with Crippen LogP contribution in [0.25, 0.3) is 0 Å². The van der Waals surface area contributed by atoms with Crippen LogP contribution >= 0.6 is 11.6 Å². The average molecular weight is 289 g/mol. The van der Waals surface area contributed by atoms with Gasteiger partial charge in [0.05, 0.1) is 5.41 Å². The maximum atomic E-state index is 12.4. The van der Waals surface area contributed by atoms with Crippen LogP contribution in [0.1, 0.15) is 24.2 Å². The third kappa shape index (κ3) is 3.61. The van der Waals surface area contributed by atoms with Gasteiger partial charge in [-0.05, 0) is 32.0 Å². The van der Waals surface area contributed by atoms with Crippen LogP contribution in [-0.4, -0.2) is 12.4 Å². The second kappa shape index (κ2) is 6.10. The molecule has 0 aromatic heterocycles. The number of Topliss-reactive ketones (excluding diaryl/α,β-unsaturated/α-hetero) is 1. The fraction of sp³-hybridized carbons (Fsp3) is 0.235. The predicted molar refractivity (Wildman–Crippen MR) is 81.5 cm³/mol. The van der Waals surface area contributed by atoms with Crippen molar-refractivity contribution in [1.82, 2.24) is 0 Å². The van der Waals surface area contributed by atoms with Crippen LogP contribution in [0, 0.1) is 5.41 Å². The molecule has 0 bridgehead atoms. The quantitative estimate of drug-likeness (QED) is 0.750. The van der Waals surface area contributed by atoms with Crippen LogP contribution in [0.5, 0.6) is 5.75 Å². The molecule has 0 amide bonds. The van der Waals surface area contributed by atoms with Gasteiger partial charge in [-0.25, -0.2) is 0 Å². The minimum atomic E-state index is -0.594. The lowest BCUT2D eigenvalue weighted by molar-refractivity contribution is 0.0751. The van der Waals surface area contributed by atoms with Gasteiger partial charge in [0, 0.05) is 10.6 Å². The first-order valence-electron chi connectivity index (χ1n) is 6.47. The van der Waals surface area contributed by atoms with Gasteiger partial charge in [-0.1, -0.05) is 48.0 Å². The van der Waals surface area contributed by atoms with E-state index in [1.807, 2.05) is 56.3 Å². The van der Waals surface area contributed by atoms with Crippen molar-refractivity contribution >= 4 is 17.4 Å². The van der Waals surface area contributed by atoms with Gasteiger partial charge in [0.2, 0.25) is 0 Å². The van der Waals surface area contributed by atoms with E-state index < -0.39 is 5.41 Å². The fourth-order valence-corrected chi connectivity index (χ4v) is 2.05. The van der Waals surface area contributed by atoms with Crippen molar-refractivity contribution in [2.24, 2.45) is 5.41 Å². The second-order valence-electron chi connectivity index (χ2n) is 5.33. The van der Waals surface area contributed by atoms with Crippen molar-refractivity contribution in [2.45, 2.75) is 13.8 Å². The van der Waals surface area contributed by atoms with Gasteiger partial charge < -0.3 is 4.74 Å². The lowest BCUT2D eigenvalue weighted by atomic mass is 9.85. The third-order valence-electron chi connectivity index (χ3n) is 3.05. The van der Waals surface area contributed by atoms with Crippen molar-refractivity contribution in [3.63, 3.8) is 0 Å². The van der Waals surface area contributed by atoms with Crippen LogP contribution in [0.4, 0.5) is 0 Å². The number of ether oxygens (including phenoxy) is 1. The predicted octanol–water partition coefficient (Wildman–Crippen LogP) is 4.63. The molecule has 0 saturated heterocycles. The minimum Gasteiger partial charge on any atom is -0.493 e. The molecule has 104 valence electrons. The summed E-state index contributed by atoms with van der Waals surface area (Å²) in [7, 11) is 0. The van der Waals surface area contributed by atoms with E-state index in [2.05, 4.69) is 0 Å². The Bertz CT molecular complexity index is 591. The third-order valence-corrected chi connectivity index (χ3v) is 3.28. The highest BCUT2D eigenvalue weighted by Crippen LogP contribution is 2.25. The number of rotatable bonds is 5. The van der Waals surface area contributed by atoms with E-state index >= 15 is 0 Å². The minimum absolute atomic E-state index is 0.0696. The lowest BCUT2D eigenvalue weighted by Crippen LogP contribution is -2.31. The van der Waals surface area contributed by atoms with Gasteiger partial charge in [0.15, 0.2) is 5.78 Å². The zero-order valence-corrected chi connectivity index (χ0v) is 12.4. The van der Waals surface area contributed by atoms with Crippen molar-refractivity contribution in [3.05, 3.63) is 65.2 Å². The Morgan fingerprint density at radius 1 is 1.10 bits per heavy atom. The number of carbonyl (C=O) groups excluding carboxylic acids is 1. The summed E-state index contributed by atoms with van der Waals surface area (Å²) in [6.07, 6.45) is 0. The molecule has 0 aliphatic heterocycles. The van der Waals surface area contributed by atoms with Crippen molar-refractivity contribution in [1.29, 1.82) is 0 Å². The first-order valence-corrected chi connectivity index (χ1v) is 6.85. The molecule has 0 aliphatic carbocycles. The molecule has 0 fully saturated rings. The maximum absolute atomic E-state index is 12.4. The summed E-state index contributed by atoms with van der Waals surface area (Å²) in [5.41, 5.74) is 0.108. The first kappa shape index (κ1) is 14.6. The summed E-state index contributed by atoms with van der Waals surface area (Å²) >= 11 is 5.91. The molecule has 2 aromatic carbocycles. The van der Waals surface area contributed by atoms with Gasteiger partial charge >= 0.3 is 0 Å². The van der Waals surface area contributed by atoms with Crippen molar-refractivity contribution in [3.8, 4) is 5.75 Å². The van der Waals surface area contributed by atoms with E-state index in [4.69, 9.17) is 16.3 Å². The summed E-state index contributed by atoms with van der Waals surface area (Å²) < 4.78 is 5.69. The highest BCUT2D eigenvalue weighted by molar-refractivity contribution is 6.30. The molecular weight excluding hydrogens is 272 g/mol. The number of halogens is 1. The van der Waals surface area contributed by atoms with Gasteiger partial charge in [-0.3, -0.25) is 4.79 Å². The molecule has 0 atom stereocenters. The van der Waals surface area contributed by atoms with Crippen LogP contribution in [0.2, 0.25) is 5.02 Å². The zero-order chi connectivity index (χ0) is 14.6. The SMILES string of the molecule is CC(C)(COc1cccc(Cl)c1)C(=O)c1ccccc1. The number of carbonyl (C=O) groups is 1. The molecule has 0 spiro atoms. The Hall–Kier alpha value is -1.80.